The fourth-order valence-electron chi connectivity index (χ4n) is 3.82. The highest BCUT2D eigenvalue weighted by Gasteiger charge is 2.45. The topological polar surface area (TPSA) is 177 Å². The lowest BCUT2D eigenvalue weighted by atomic mass is 9.84. The Morgan fingerprint density at radius 3 is 2.26 bits per heavy atom. The van der Waals surface area contributed by atoms with Crippen LogP contribution >= 0.6 is 12.4 Å². The average molecular weight is 564 g/mol. The molecule has 0 aliphatic rings. The number of carbonyl (C=O) groups excluding carboxylic acids is 2. The zero-order valence-corrected chi connectivity index (χ0v) is 21.7. The first-order valence-corrected chi connectivity index (χ1v) is 11.4. The highest BCUT2D eigenvalue weighted by Crippen LogP contribution is 2.38. The van der Waals surface area contributed by atoms with Gasteiger partial charge in [-0.3, -0.25) is 20.0 Å². The van der Waals surface area contributed by atoms with Crippen LogP contribution in [0.4, 0.5) is 8.78 Å². The first kappa shape index (κ1) is 30.9. The summed E-state index contributed by atoms with van der Waals surface area (Å²) in [4.78, 5) is 28.2. The van der Waals surface area contributed by atoms with Crippen LogP contribution in [0.15, 0.2) is 54.7 Å². The molecular weight excluding hydrogens is 536 g/mol. The maximum atomic E-state index is 15.5. The molecule has 13 heteroatoms. The molecule has 1 unspecified atom stereocenters. The third kappa shape index (κ3) is 7.39. The number of benzene rings is 2. The number of pyridine rings is 1. The molecule has 1 atom stereocenters. The van der Waals surface area contributed by atoms with Gasteiger partial charge in [0.25, 0.3) is 11.8 Å². The van der Waals surface area contributed by atoms with Crippen LogP contribution in [-0.4, -0.2) is 35.8 Å². The quantitative estimate of drug-likeness (QED) is 0.182. The van der Waals surface area contributed by atoms with E-state index < -0.39 is 47.6 Å². The SMILES string of the molecule is CCOC(Cc1ccc(C(=N)N)cc1OCC(N)=O)(C(N)=O)c1c(F)cc(OCc2ccccn2)cc1F.Cl. The van der Waals surface area contributed by atoms with Crippen molar-refractivity contribution >= 4 is 30.1 Å². The van der Waals surface area contributed by atoms with Crippen LogP contribution in [0.2, 0.25) is 0 Å². The minimum atomic E-state index is -2.31. The van der Waals surface area contributed by atoms with Gasteiger partial charge in [-0.05, 0) is 30.7 Å². The van der Waals surface area contributed by atoms with Gasteiger partial charge >= 0.3 is 0 Å². The number of nitrogen functional groups attached to an aromatic ring is 1. The number of aromatic nitrogens is 1. The Morgan fingerprint density at radius 1 is 1.03 bits per heavy atom. The second kappa shape index (κ2) is 13.5. The van der Waals surface area contributed by atoms with Crippen molar-refractivity contribution < 1.29 is 32.6 Å². The van der Waals surface area contributed by atoms with Crippen LogP contribution in [-0.2, 0) is 33.0 Å². The molecule has 1 aromatic heterocycles. The number of hydrogen-bond acceptors (Lipinski definition) is 7. The standard InChI is InChI=1S/C26H27F2N5O5.ClH/c1-2-38-26(25(32)35,12-16-7-6-15(24(30)31)9-21(16)37-14-22(29)34)23-19(27)10-18(11-20(23)28)36-13-17-5-3-4-8-33-17;/h3-11H,2,12-14H2,1H3,(H2,29,34)(H3,30,31)(H2,32,35);1H. The molecule has 7 N–H and O–H groups in total. The normalized spacial score (nSPS) is 12.1. The van der Waals surface area contributed by atoms with Crippen LogP contribution in [0.25, 0.3) is 0 Å². The molecule has 0 aliphatic heterocycles. The van der Waals surface area contributed by atoms with Crippen molar-refractivity contribution in [3.05, 3.63) is 88.7 Å². The van der Waals surface area contributed by atoms with Gasteiger partial charge in [-0.25, -0.2) is 8.78 Å². The van der Waals surface area contributed by atoms with E-state index in [0.717, 1.165) is 12.1 Å². The molecular formula is C26H28ClF2N5O5. The molecule has 2 amide bonds. The van der Waals surface area contributed by atoms with Crippen molar-refractivity contribution in [2.24, 2.45) is 17.2 Å². The Hall–Kier alpha value is -4.29. The van der Waals surface area contributed by atoms with Gasteiger partial charge in [0.2, 0.25) is 0 Å². The summed E-state index contributed by atoms with van der Waals surface area (Å²) < 4.78 is 47.5. The molecule has 0 saturated carbocycles. The molecule has 0 spiro atoms. The highest BCUT2D eigenvalue weighted by atomic mass is 35.5. The number of halogens is 3. The summed E-state index contributed by atoms with van der Waals surface area (Å²) in [6, 6.07) is 11.2. The van der Waals surface area contributed by atoms with Gasteiger partial charge in [0.15, 0.2) is 12.2 Å². The van der Waals surface area contributed by atoms with Gasteiger partial charge in [0.05, 0.1) is 11.3 Å². The van der Waals surface area contributed by atoms with E-state index in [9.17, 15) is 9.59 Å². The second-order valence-corrected chi connectivity index (χ2v) is 8.16. The molecule has 1 heterocycles. The van der Waals surface area contributed by atoms with Crippen molar-refractivity contribution in [1.29, 1.82) is 5.41 Å². The second-order valence-electron chi connectivity index (χ2n) is 8.16. The first-order valence-electron chi connectivity index (χ1n) is 11.4. The summed E-state index contributed by atoms with van der Waals surface area (Å²) in [5.41, 5.74) is 14.3. The van der Waals surface area contributed by atoms with Crippen LogP contribution < -0.4 is 26.7 Å². The van der Waals surface area contributed by atoms with Crippen molar-refractivity contribution in [2.75, 3.05) is 13.2 Å². The largest absolute Gasteiger partial charge is 0.487 e. The Kier molecular flexibility index (Phi) is 10.7. The van der Waals surface area contributed by atoms with Gasteiger partial charge in [-0.1, -0.05) is 18.2 Å². The fourth-order valence-corrected chi connectivity index (χ4v) is 3.82. The molecule has 2 aromatic carbocycles. The maximum Gasteiger partial charge on any atom is 0.255 e. The number of nitrogens with one attached hydrogen (secondary N) is 1. The molecule has 0 fully saturated rings. The first-order chi connectivity index (χ1) is 18.1. The molecule has 0 bridgehead atoms. The summed E-state index contributed by atoms with van der Waals surface area (Å²) in [6.07, 6.45) is 1.07. The molecule has 0 radical (unpaired) electrons. The van der Waals surface area contributed by atoms with E-state index in [1.165, 1.54) is 25.1 Å². The molecule has 208 valence electrons. The predicted molar refractivity (Wildman–Crippen MR) is 141 cm³/mol. The summed E-state index contributed by atoms with van der Waals surface area (Å²) in [6.45, 7) is 0.802. The van der Waals surface area contributed by atoms with Crippen LogP contribution in [0.5, 0.6) is 11.5 Å². The average Bonchev–Trinajstić information content (AvgIpc) is 2.86. The molecule has 39 heavy (non-hydrogen) atoms. The van der Waals surface area contributed by atoms with Crippen LogP contribution in [0.3, 0.4) is 0 Å². The molecule has 10 nitrogen and oxygen atoms in total. The lowest BCUT2D eigenvalue weighted by Gasteiger charge is -2.32. The number of nitrogens with two attached hydrogens (primary N) is 3. The van der Waals surface area contributed by atoms with E-state index in [2.05, 4.69) is 4.98 Å². The van der Waals surface area contributed by atoms with E-state index in [1.54, 1.807) is 24.4 Å². The number of rotatable bonds is 13. The minimum Gasteiger partial charge on any atom is -0.487 e. The summed E-state index contributed by atoms with van der Waals surface area (Å²) in [5.74, 6) is -4.67. The predicted octanol–water partition coefficient (Wildman–Crippen LogP) is 2.47. The lowest BCUT2D eigenvalue weighted by Crippen LogP contribution is -2.47. The van der Waals surface area contributed by atoms with Crippen LogP contribution in [0, 0.1) is 17.0 Å². The number of ether oxygens (including phenoxy) is 3. The molecule has 3 aromatic rings. The van der Waals surface area contributed by atoms with Crippen molar-refractivity contribution in [3.8, 4) is 11.5 Å². The van der Waals surface area contributed by atoms with Crippen molar-refractivity contribution in [2.45, 2.75) is 25.6 Å². The van der Waals surface area contributed by atoms with Gasteiger partial charge in [0.1, 0.15) is 35.6 Å². The Balaban J connectivity index is 0.00000533. The summed E-state index contributed by atoms with van der Waals surface area (Å²) >= 11 is 0. The minimum absolute atomic E-state index is 0. The van der Waals surface area contributed by atoms with Gasteiger partial charge in [-0.15, -0.1) is 12.4 Å². The van der Waals surface area contributed by atoms with Crippen molar-refractivity contribution in [3.63, 3.8) is 0 Å². The number of carbonyl (C=O) groups is 2. The smallest absolute Gasteiger partial charge is 0.255 e. The third-order valence-electron chi connectivity index (χ3n) is 5.51. The lowest BCUT2D eigenvalue weighted by molar-refractivity contribution is -0.145. The van der Waals surface area contributed by atoms with E-state index in [0.29, 0.717) is 5.69 Å². The monoisotopic (exact) mass is 563 g/mol. The number of amidine groups is 1. The third-order valence-corrected chi connectivity index (χ3v) is 5.51. The van der Waals surface area contributed by atoms with Gasteiger partial charge in [0, 0.05) is 36.9 Å². The maximum absolute atomic E-state index is 15.5. The summed E-state index contributed by atoms with van der Waals surface area (Å²) in [7, 11) is 0. The van der Waals surface area contributed by atoms with E-state index in [1.807, 2.05) is 0 Å². The molecule has 0 aliphatic carbocycles. The fraction of sp³-hybridized carbons (Fsp3) is 0.231. The number of amides is 2. The van der Waals surface area contributed by atoms with E-state index >= 15 is 8.78 Å². The molecule has 3 rings (SSSR count). The number of primary amides is 2. The highest BCUT2D eigenvalue weighted by molar-refractivity contribution is 5.95. The Morgan fingerprint density at radius 2 is 1.72 bits per heavy atom. The number of nitrogens with zero attached hydrogens (tertiary/aromatic N) is 1. The van der Waals surface area contributed by atoms with E-state index in [4.69, 9.17) is 36.8 Å². The van der Waals surface area contributed by atoms with E-state index in [-0.39, 0.29) is 54.1 Å². The number of hydrogen-bond donors (Lipinski definition) is 4. The van der Waals surface area contributed by atoms with Gasteiger partial charge < -0.3 is 31.4 Å². The Labute approximate surface area is 229 Å². The molecule has 0 saturated heterocycles. The zero-order valence-electron chi connectivity index (χ0n) is 20.9. The Bertz CT molecular complexity index is 1320. The zero-order chi connectivity index (χ0) is 27.9. The van der Waals surface area contributed by atoms with Crippen molar-refractivity contribution in [1.82, 2.24) is 4.98 Å². The van der Waals surface area contributed by atoms with Crippen LogP contribution in [0.1, 0.15) is 29.3 Å². The summed E-state index contributed by atoms with van der Waals surface area (Å²) in [5, 5.41) is 7.65. The van der Waals surface area contributed by atoms with Gasteiger partial charge in [-0.2, -0.15) is 0 Å².